The summed E-state index contributed by atoms with van der Waals surface area (Å²) in [5.41, 5.74) is -1.79. The molecule has 0 fully saturated rings. The number of carbonyl (C=O) groups excluding carboxylic acids is 1. The summed E-state index contributed by atoms with van der Waals surface area (Å²) in [5, 5.41) is 9.83. The van der Waals surface area contributed by atoms with Crippen LogP contribution in [0.15, 0.2) is 20.1 Å². The first-order valence-electron chi connectivity index (χ1n) is 5.92. The number of hydrogen-bond acceptors (Lipinski definition) is 6. The molecule has 0 aliphatic rings. The Labute approximate surface area is 113 Å². The summed E-state index contributed by atoms with van der Waals surface area (Å²) in [6.07, 6.45) is 0. The Morgan fingerprint density at radius 3 is 2.70 bits per heavy atom. The maximum Gasteiger partial charge on any atom is 0.354 e. The first-order chi connectivity index (χ1) is 9.38. The predicted molar refractivity (Wildman–Crippen MR) is 70.1 cm³/mol. The molecule has 0 amide bonds. The average Bonchev–Trinajstić information content (AvgIpc) is 2.35. The number of rotatable bonds is 2. The molecule has 0 aromatic carbocycles. The molecule has 7 heteroatoms. The van der Waals surface area contributed by atoms with Crippen LogP contribution in [0.5, 0.6) is 5.75 Å². The third-order valence-electron chi connectivity index (χ3n) is 2.99. The largest absolute Gasteiger partial charge is 0.506 e. The van der Waals surface area contributed by atoms with Crippen molar-refractivity contribution in [2.45, 2.75) is 13.8 Å². The molecule has 0 spiro atoms. The van der Waals surface area contributed by atoms with Gasteiger partial charge in [-0.15, -0.1) is 0 Å². The number of nitrogens with zero attached hydrogens (tertiary/aromatic N) is 1. The SMILES string of the molecule is CCOC(=O)c1c(O)c2c(=O)n(C)c(C)cc2oc1=O. The van der Waals surface area contributed by atoms with E-state index >= 15 is 0 Å². The topological polar surface area (TPSA) is 98.7 Å². The van der Waals surface area contributed by atoms with Crippen LogP contribution >= 0.6 is 0 Å². The number of carbonyl (C=O) groups is 1. The smallest absolute Gasteiger partial charge is 0.354 e. The second-order valence-corrected chi connectivity index (χ2v) is 4.22. The van der Waals surface area contributed by atoms with Crippen LogP contribution in [0.3, 0.4) is 0 Å². The Morgan fingerprint density at radius 2 is 2.10 bits per heavy atom. The van der Waals surface area contributed by atoms with Gasteiger partial charge in [-0.3, -0.25) is 4.79 Å². The highest BCUT2D eigenvalue weighted by molar-refractivity contribution is 5.98. The van der Waals surface area contributed by atoms with Crippen molar-refractivity contribution in [2.75, 3.05) is 6.61 Å². The Kier molecular flexibility index (Phi) is 3.35. The van der Waals surface area contributed by atoms with Crippen LogP contribution < -0.4 is 11.2 Å². The van der Waals surface area contributed by atoms with E-state index < -0.39 is 28.5 Å². The summed E-state index contributed by atoms with van der Waals surface area (Å²) in [6.45, 7) is 3.23. The van der Waals surface area contributed by atoms with E-state index in [9.17, 15) is 19.5 Å². The molecule has 106 valence electrons. The maximum atomic E-state index is 12.1. The van der Waals surface area contributed by atoms with Crippen molar-refractivity contribution in [2.24, 2.45) is 7.05 Å². The summed E-state index contributed by atoms with van der Waals surface area (Å²) in [6, 6.07) is 1.44. The molecule has 0 saturated heterocycles. The van der Waals surface area contributed by atoms with Gasteiger partial charge < -0.3 is 18.8 Å². The van der Waals surface area contributed by atoms with E-state index in [2.05, 4.69) is 4.74 Å². The monoisotopic (exact) mass is 279 g/mol. The molecular formula is C13H13NO6. The zero-order valence-corrected chi connectivity index (χ0v) is 11.2. The number of esters is 1. The quantitative estimate of drug-likeness (QED) is 0.812. The molecule has 7 nitrogen and oxygen atoms in total. The number of aromatic hydroxyl groups is 1. The van der Waals surface area contributed by atoms with Gasteiger partial charge in [0.2, 0.25) is 0 Å². The van der Waals surface area contributed by atoms with E-state index in [-0.39, 0.29) is 17.6 Å². The summed E-state index contributed by atoms with van der Waals surface area (Å²) in [7, 11) is 1.51. The number of fused-ring (bicyclic) bond motifs is 1. The first-order valence-corrected chi connectivity index (χ1v) is 5.92. The molecule has 0 saturated carbocycles. The Balaban J connectivity index is 2.92. The fourth-order valence-corrected chi connectivity index (χ4v) is 1.85. The zero-order valence-electron chi connectivity index (χ0n) is 11.2. The second-order valence-electron chi connectivity index (χ2n) is 4.22. The molecule has 0 atom stereocenters. The van der Waals surface area contributed by atoms with Gasteiger partial charge in [0, 0.05) is 18.8 Å². The highest BCUT2D eigenvalue weighted by atomic mass is 16.5. The van der Waals surface area contributed by atoms with Crippen molar-refractivity contribution in [3.05, 3.63) is 38.1 Å². The van der Waals surface area contributed by atoms with E-state index in [1.807, 2.05) is 0 Å². The lowest BCUT2D eigenvalue weighted by atomic mass is 10.1. The van der Waals surface area contributed by atoms with E-state index in [0.29, 0.717) is 5.69 Å². The molecular weight excluding hydrogens is 266 g/mol. The van der Waals surface area contributed by atoms with Gasteiger partial charge in [0.05, 0.1) is 6.61 Å². The van der Waals surface area contributed by atoms with Crippen molar-refractivity contribution in [3.8, 4) is 5.75 Å². The molecule has 0 radical (unpaired) electrons. The number of aromatic nitrogens is 1. The molecule has 0 aliphatic heterocycles. The summed E-state index contributed by atoms with van der Waals surface area (Å²) in [4.78, 5) is 35.5. The minimum Gasteiger partial charge on any atom is -0.506 e. The van der Waals surface area contributed by atoms with Crippen molar-refractivity contribution in [1.29, 1.82) is 0 Å². The standard InChI is InChI=1S/C13H13NO6/c1-4-19-12(17)9-10(15)8-7(20-13(9)18)5-6(2)14(3)11(8)16/h5,15H,4H2,1-3H3. The van der Waals surface area contributed by atoms with Gasteiger partial charge >= 0.3 is 11.6 Å². The Bertz CT molecular complexity index is 814. The van der Waals surface area contributed by atoms with Crippen molar-refractivity contribution < 1.29 is 19.1 Å². The first kappa shape index (κ1) is 13.9. The molecule has 2 aromatic rings. The third-order valence-corrected chi connectivity index (χ3v) is 2.99. The number of pyridine rings is 1. The molecule has 2 heterocycles. The van der Waals surface area contributed by atoms with Gasteiger partial charge in [0.25, 0.3) is 5.56 Å². The van der Waals surface area contributed by atoms with Gasteiger partial charge in [0.1, 0.15) is 11.0 Å². The van der Waals surface area contributed by atoms with Gasteiger partial charge in [-0.1, -0.05) is 0 Å². The van der Waals surface area contributed by atoms with Gasteiger partial charge in [-0.25, -0.2) is 9.59 Å². The van der Waals surface area contributed by atoms with Crippen LogP contribution in [-0.4, -0.2) is 22.2 Å². The number of ether oxygens (including phenoxy) is 1. The maximum absolute atomic E-state index is 12.1. The lowest BCUT2D eigenvalue weighted by Gasteiger charge is -2.08. The summed E-state index contributed by atoms with van der Waals surface area (Å²) < 4.78 is 10.9. The van der Waals surface area contributed by atoms with E-state index in [1.54, 1.807) is 13.8 Å². The van der Waals surface area contributed by atoms with Crippen LogP contribution in [-0.2, 0) is 11.8 Å². The van der Waals surface area contributed by atoms with Crippen LogP contribution in [0.1, 0.15) is 23.0 Å². The van der Waals surface area contributed by atoms with Gasteiger partial charge in [-0.05, 0) is 13.8 Å². The lowest BCUT2D eigenvalue weighted by Crippen LogP contribution is -2.23. The number of hydrogen-bond donors (Lipinski definition) is 1. The van der Waals surface area contributed by atoms with Crippen molar-refractivity contribution >= 4 is 16.9 Å². The molecule has 0 aliphatic carbocycles. The average molecular weight is 279 g/mol. The molecule has 0 bridgehead atoms. The van der Waals surface area contributed by atoms with Crippen molar-refractivity contribution in [3.63, 3.8) is 0 Å². The van der Waals surface area contributed by atoms with Crippen LogP contribution in [0.2, 0.25) is 0 Å². The predicted octanol–water partition coefficient (Wildman–Crippen LogP) is 0.682. The molecule has 2 rings (SSSR count). The summed E-state index contributed by atoms with van der Waals surface area (Å²) in [5.74, 6) is -1.74. The second kappa shape index (κ2) is 4.84. The summed E-state index contributed by atoms with van der Waals surface area (Å²) >= 11 is 0. The van der Waals surface area contributed by atoms with Crippen LogP contribution in [0.25, 0.3) is 11.0 Å². The minimum absolute atomic E-state index is 0.0294. The molecule has 20 heavy (non-hydrogen) atoms. The van der Waals surface area contributed by atoms with Gasteiger partial charge in [0.15, 0.2) is 11.3 Å². The van der Waals surface area contributed by atoms with Crippen LogP contribution in [0.4, 0.5) is 0 Å². The molecule has 0 unspecified atom stereocenters. The number of aryl methyl sites for hydroxylation is 1. The van der Waals surface area contributed by atoms with E-state index in [0.717, 1.165) is 0 Å². The van der Waals surface area contributed by atoms with E-state index in [1.165, 1.54) is 17.7 Å². The normalized spacial score (nSPS) is 10.8. The highest BCUT2D eigenvalue weighted by Gasteiger charge is 2.24. The Hall–Kier alpha value is -2.57. The minimum atomic E-state index is -1.04. The molecule has 2 aromatic heterocycles. The zero-order chi connectivity index (χ0) is 15.0. The van der Waals surface area contributed by atoms with Crippen LogP contribution in [0, 0.1) is 6.92 Å². The fraction of sp³-hybridized carbons (Fsp3) is 0.308. The highest BCUT2D eigenvalue weighted by Crippen LogP contribution is 2.24. The lowest BCUT2D eigenvalue weighted by molar-refractivity contribution is 0.0518. The van der Waals surface area contributed by atoms with Crippen molar-refractivity contribution in [1.82, 2.24) is 4.57 Å². The third kappa shape index (κ3) is 1.97. The Morgan fingerprint density at radius 1 is 1.45 bits per heavy atom. The van der Waals surface area contributed by atoms with Gasteiger partial charge in [-0.2, -0.15) is 0 Å². The fourth-order valence-electron chi connectivity index (χ4n) is 1.85. The molecule has 1 N–H and O–H groups in total. The van der Waals surface area contributed by atoms with E-state index in [4.69, 9.17) is 4.42 Å².